The molecule has 4 rings (SSSR count). The van der Waals surface area contributed by atoms with Gasteiger partial charge in [0.05, 0.1) is 16.6 Å². The number of hydrogen-bond donors (Lipinski definition) is 2. The Morgan fingerprint density at radius 1 is 1.10 bits per heavy atom. The van der Waals surface area contributed by atoms with E-state index in [1.807, 2.05) is 18.2 Å². The molecule has 5 nitrogen and oxygen atoms in total. The number of aromatic nitrogens is 2. The summed E-state index contributed by atoms with van der Waals surface area (Å²) in [6.07, 6.45) is 3.40. The molecule has 3 aromatic rings. The zero-order valence-corrected chi connectivity index (χ0v) is 17.5. The number of aromatic amines is 1. The summed E-state index contributed by atoms with van der Waals surface area (Å²) in [5.41, 5.74) is 1.76. The third kappa shape index (κ3) is 3.77. The topological polar surface area (TPSA) is 66.9 Å². The van der Waals surface area contributed by atoms with E-state index in [0.29, 0.717) is 38.8 Å². The molecular weight excluding hydrogens is 382 g/mol. The van der Waals surface area contributed by atoms with Gasteiger partial charge in [0.2, 0.25) is 0 Å². The Balaban J connectivity index is 1.60. The lowest BCUT2D eigenvalue weighted by Gasteiger charge is -2.34. The largest absolute Gasteiger partial charge is 0.349 e. The Bertz CT molecular complexity index is 1160. The Labute approximate surface area is 174 Å². The Morgan fingerprint density at radius 3 is 2.59 bits per heavy atom. The van der Waals surface area contributed by atoms with Crippen molar-refractivity contribution in [2.45, 2.75) is 39.2 Å². The van der Waals surface area contributed by atoms with Crippen LogP contribution >= 0.6 is 12.2 Å². The van der Waals surface area contributed by atoms with Gasteiger partial charge in [0, 0.05) is 11.6 Å². The van der Waals surface area contributed by atoms with Crippen molar-refractivity contribution >= 4 is 29.0 Å². The van der Waals surface area contributed by atoms with Crippen LogP contribution < -0.4 is 10.9 Å². The molecule has 1 heterocycles. The highest BCUT2D eigenvalue weighted by Crippen LogP contribution is 2.29. The maximum absolute atomic E-state index is 12.9. The second kappa shape index (κ2) is 7.95. The van der Waals surface area contributed by atoms with Gasteiger partial charge in [0.1, 0.15) is 0 Å². The number of carbonyl (C=O) groups excluding carboxylic acids is 1. The van der Waals surface area contributed by atoms with Crippen molar-refractivity contribution in [3.05, 3.63) is 69.2 Å². The molecule has 29 heavy (non-hydrogen) atoms. The van der Waals surface area contributed by atoms with Crippen LogP contribution in [0.2, 0.25) is 0 Å². The third-order valence-electron chi connectivity index (χ3n) is 6.22. The first-order valence-corrected chi connectivity index (χ1v) is 10.5. The van der Waals surface area contributed by atoms with Crippen molar-refractivity contribution in [1.82, 2.24) is 14.9 Å². The minimum Gasteiger partial charge on any atom is -0.349 e. The number of hydrogen-bond acceptors (Lipinski definition) is 3. The van der Waals surface area contributed by atoms with Gasteiger partial charge < -0.3 is 10.3 Å². The van der Waals surface area contributed by atoms with E-state index in [-0.39, 0.29) is 17.5 Å². The highest BCUT2D eigenvalue weighted by Gasteiger charge is 2.28. The Morgan fingerprint density at radius 2 is 1.83 bits per heavy atom. The minimum absolute atomic E-state index is 0.0708. The van der Waals surface area contributed by atoms with Gasteiger partial charge >= 0.3 is 0 Å². The van der Waals surface area contributed by atoms with Crippen LogP contribution in [0.4, 0.5) is 0 Å². The van der Waals surface area contributed by atoms with Crippen LogP contribution in [0.25, 0.3) is 16.6 Å². The summed E-state index contributed by atoms with van der Waals surface area (Å²) >= 11 is 5.39. The van der Waals surface area contributed by atoms with Crippen molar-refractivity contribution in [2.75, 3.05) is 0 Å². The molecular formula is C23H25N3O2S. The molecule has 1 aliphatic rings. The molecule has 1 saturated carbocycles. The first-order chi connectivity index (χ1) is 14.0. The molecule has 0 unspecified atom stereocenters. The fraction of sp³-hybridized carbons (Fsp3) is 0.348. The molecule has 1 fully saturated rings. The molecule has 150 valence electrons. The monoisotopic (exact) mass is 407 g/mol. The molecule has 1 aromatic heterocycles. The standard InChI is InChI=1S/C23H25N3O2S/c1-14-6-5-9-19(15(14)2)24-21(27)16-10-12-17(13-11-16)26-22(28)18-7-3-4-8-20(18)25-23(26)29/h3-4,7-8,10-15,19H,5-6,9H2,1-2H3,(H,24,27)(H,25,29)/t14-,15-,19-/m1/s1. The van der Waals surface area contributed by atoms with Crippen LogP contribution in [0.1, 0.15) is 43.5 Å². The van der Waals surface area contributed by atoms with Gasteiger partial charge in [-0.05, 0) is 66.9 Å². The third-order valence-corrected chi connectivity index (χ3v) is 6.50. The van der Waals surface area contributed by atoms with Crippen molar-refractivity contribution < 1.29 is 4.79 Å². The molecule has 3 atom stereocenters. The zero-order valence-electron chi connectivity index (χ0n) is 16.6. The van der Waals surface area contributed by atoms with Crippen LogP contribution in [0.15, 0.2) is 53.3 Å². The molecule has 0 bridgehead atoms. The number of H-pyrrole nitrogens is 1. The van der Waals surface area contributed by atoms with E-state index in [9.17, 15) is 9.59 Å². The lowest BCUT2D eigenvalue weighted by Crippen LogP contribution is -2.43. The number of nitrogens with zero attached hydrogens (tertiary/aromatic N) is 1. The van der Waals surface area contributed by atoms with Crippen LogP contribution in [0.5, 0.6) is 0 Å². The van der Waals surface area contributed by atoms with Gasteiger partial charge in [0.25, 0.3) is 11.5 Å². The van der Waals surface area contributed by atoms with E-state index in [4.69, 9.17) is 12.2 Å². The fourth-order valence-corrected chi connectivity index (χ4v) is 4.49. The smallest absolute Gasteiger partial charge is 0.266 e. The first kappa shape index (κ1) is 19.6. The van der Waals surface area contributed by atoms with E-state index >= 15 is 0 Å². The van der Waals surface area contributed by atoms with E-state index in [2.05, 4.69) is 24.1 Å². The van der Waals surface area contributed by atoms with Crippen molar-refractivity contribution in [3.8, 4) is 5.69 Å². The number of nitrogens with one attached hydrogen (secondary N) is 2. The highest BCUT2D eigenvalue weighted by molar-refractivity contribution is 7.71. The minimum atomic E-state index is -0.174. The summed E-state index contributed by atoms with van der Waals surface area (Å²) < 4.78 is 1.79. The van der Waals surface area contributed by atoms with Crippen LogP contribution in [0, 0.1) is 16.6 Å². The van der Waals surface area contributed by atoms with Crippen LogP contribution in [-0.4, -0.2) is 21.5 Å². The maximum Gasteiger partial charge on any atom is 0.266 e. The van der Waals surface area contributed by atoms with Crippen LogP contribution in [-0.2, 0) is 0 Å². The molecule has 0 saturated heterocycles. The summed E-state index contributed by atoms with van der Waals surface area (Å²) in [4.78, 5) is 28.7. The average molecular weight is 408 g/mol. The summed E-state index contributed by atoms with van der Waals surface area (Å²) in [7, 11) is 0. The van der Waals surface area contributed by atoms with Gasteiger partial charge in [-0.3, -0.25) is 14.2 Å². The second-order valence-electron chi connectivity index (χ2n) is 8.01. The molecule has 6 heteroatoms. The molecule has 1 amide bonds. The fourth-order valence-electron chi connectivity index (χ4n) is 4.20. The van der Waals surface area contributed by atoms with Gasteiger partial charge in [-0.1, -0.05) is 38.8 Å². The number of para-hydroxylation sites is 1. The second-order valence-corrected chi connectivity index (χ2v) is 8.40. The van der Waals surface area contributed by atoms with Gasteiger partial charge in [-0.25, -0.2) is 0 Å². The normalized spacial score (nSPS) is 21.8. The summed E-state index contributed by atoms with van der Waals surface area (Å²) in [6.45, 7) is 4.47. The van der Waals surface area contributed by atoms with E-state index in [1.54, 1.807) is 30.3 Å². The molecule has 0 radical (unpaired) electrons. The number of amides is 1. The number of rotatable bonds is 3. The average Bonchev–Trinajstić information content (AvgIpc) is 2.72. The molecule has 2 aromatic carbocycles. The number of carbonyl (C=O) groups is 1. The van der Waals surface area contributed by atoms with Crippen molar-refractivity contribution in [2.24, 2.45) is 11.8 Å². The van der Waals surface area contributed by atoms with E-state index in [1.165, 1.54) is 11.0 Å². The Kier molecular flexibility index (Phi) is 5.37. The summed E-state index contributed by atoms with van der Waals surface area (Å²) in [5.74, 6) is 1.03. The first-order valence-electron chi connectivity index (χ1n) is 10.1. The molecule has 0 spiro atoms. The maximum atomic E-state index is 12.9. The van der Waals surface area contributed by atoms with E-state index < -0.39 is 0 Å². The molecule has 1 aliphatic carbocycles. The lowest BCUT2D eigenvalue weighted by atomic mass is 9.78. The highest BCUT2D eigenvalue weighted by atomic mass is 32.1. The van der Waals surface area contributed by atoms with Crippen molar-refractivity contribution in [1.29, 1.82) is 0 Å². The van der Waals surface area contributed by atoms with Gasteiger partial charge in [-0.2, -0.15) is 0 Å². The summed E-state index contributed by atoms with van der Waals surface area (Å²) in [6, 6.07) is 14.5. The van der Waals surface area contributed by atoms with Crippen LogP contribution in [0.3, 0.4) is 0 Å². The number of fused-ring (bicyclic) bond motifs is 1. The van der Waals surface area contributed by atoms with Crippen molar-refractivity contribution in [3.63, 3.8) is 0 Å². The predicted octanol–water partition coefficient (Wildman–Crippen LogP) is 4.60. The Hall–Kier alpha value is -2.73. The lowest BCUT2D eigenvalue weighted by molar-refractivity contribution is 0.0891. The van der Waals surface area contributed by atoms with E-state index in [0.717, 1.165) is 12.8 Å². The predicted molar refractivity (Wildman–Crippen MR) is 118 cm³/mol. The number of benzene rings is 2. The summed E-state index contributed by atoms with van der Waals surface area (Å²) in [5, 5.41) is 3.76. The van der Waals surface area contributed by atoms with Gasteiger partial charge in [0.15, 0.2) is 4.77 Å². The zero-order chi connectivity index (χ0) is 20.5. The molecule has 2 N–H and O–H groups in total. The quantitative estimate of drug-likeness (QED) is 0.624. The SMILES string of the molecule is C[C@@H]1[C@H](C)CCC[C@H]1NC(=O)c1ccc(-n2c(=S)[nH]c3ccccc3c2=O)cc1. The van der Waals surface area contributed by atoms with Gasteiger partial charge in [-0.15, -0.1) is 0 Å². The molecule has 0 aliphatic heterocycles.